The van der Waals surface area contributed by atoms with Gasteiger partial charge in [-0.05, 0) is 40.3 Å². The Morgan fingerprint density at radius 3 is 2.43 bits per heavy atom. The fraction of sp³-hybridized carbons (Fsp3) is 0.0952. The quantitative estimate of drug-likeness (QED) is 0.516. The van der Waals surface area contributed by atoms with Crippen molar-refractivity contribution in [2.45, 2.75) is 13.0 Å². The molecule has 4 rings (SSSR count). The first-order valence-electron chi connectivity index (χ1n) is 7.74. The van der Waals surface area contributed by atoms with Crippen molar-refractivity contribution in [2.24, 2.45) is 0 Å². The average Bonchev–Trinajstić information content (AvgIpc) is 2.99. The summed E-state index contributed by atoms with van der Waals surface area (Å²) in [5.41, 5.74) is 6.29. The van der Waals surface area contributed by atoms with Crippen molar-refractivity contribution in [1.29, 1.82) is 0 Å². The molecule has 0 N–H and O–H groups in total. The predicted octanol–water partition coefficient (Wildman–Crippen LogP) is 4.61. The van der Waals surface area contributed by atoms with Crippen LogP contribution in [0.1, 0.15) is 27.0 Å². The molecule has 0 atom stereocenters. The molecule has 1 aliphatic carbocycles. The third-order valence-corrected chi connectivity index (χ3v) is 4.25. The molecule has 0 spiro atoms. The lowest BCUT2D eigenvalue weighted by atomic mass is 9.99. The topological polar surface area (TPSA) is 26.3 Å². The van der Waals surface area contributed by atoms with E-state index in [2.05, 4.69) is 18.2 Å². The summed E-state index contributed by atoms with van der Waals surface area (Å²) in [5.74, 6) is -0.262. The van der Waals surface area contributed by atoms with E-state index in [4.69, 9.17) is 4.74 Å². The van der Waals surface area contributed by atoms with Crippen molar-refractivity contribution in [3.63, 3.8) is 0 Å². The van der Waals surface area contributed by atoms with Crippen molar-refractivity contribution in [3.8, 4) is 11.1 Å². The maximum absolute atomic E-state index is 12.6. The average molecular weight is 300 g/mol. The van der Waals surface area contributed by atoms with Crippen LogP contribution < -0.4 is 0 Å². The summed E-state index contributed by atoms with van der Waals surface area (Å²) >= 11 is 0. The Labute approximate surface area is 135 Å². The molecular formula is C21H16O2. The van der Waals surface area contributed by atoms with Crippen LogP contribution in [-0.2, 0) is 17.8 Å². The molecule has 0 heterocycles. The third-order valence-electron chi connectivity index (χ3n) is 4.25. The molecule has 3 aromatic carbocycles. The van der Waals surface area contributed by atoms with E-state index in [1.54, 1.807) is 0 Å². The van der Waals surface area contributed by atoms with E-state index < -0.39 is 0 Å². The molecule has 0 fully saturated rings. The number of esters is 1. The predicted molar refractivity (Wildman–Crippen MR) is 90.2 cm³/mol. The second-order valence-electron chi connectivity index (χ2n) is 5.74. The highest BCUT2D eigenvalue weighted by Crippen LogP contribution is 2.38. The number of carbonyl (C=O) groups is 1. The van der Waals surface area contributed by atoms with Gasteiger partial charge >= 0.3 is 5.97 Å². The molecule has 0 unspecified atom stereocenters. The molecule has 112 valence electrons. The zero-order chi connectivity index (χ0) is 15.6. The van der Waals surface area contributed by atoms with Crippen molar-refractivity contribution < 1.29 is 9.53 Å². The number of ether oxygens (including phenoxy) is 1. The summed E-state index contributed by atoms with van der Waals surface area (Å²) in [6, 6.07) is 23.9. The number of hydrogen-bond donors (Lipinski definition) is 0. The Balaban J connectivity index is 1.64. The Morgan fingerprint density at radius 1 is 0.826 bits per heavy atom. The van der Waals surface area contributed by atoms with Crippen LogP contribution in [0, 0.1) is 0 Å². The first kappa shape index (κ1) is 13.8. The van der Waals surface area contributed by atoms with Crippen LogP contribution in [0.15, 0.2) is 72.8 Å². The number of hydrogen-bond acceptors (Lipinski definition) is 2. The lowest BCUT2D eigenvalue weighted by Crippen LogP contribution is -2.07. The lowest BCUT2D eigenvalue weighted by Gasteiger charge is -2.10. The summed E-state index contributed by atoms with van der Waals surface area (Å²) in [6.07, 6.45) is 0.880. The molecule has 0 saturated carbocycles. The smallest absolute Gasteiger partial charge is 0.339 e. The molecule has 0 aliphatic heterocycles. The van der Waals surface area contributed by atoms with Gasteiger partial charge in [0.15, 0.2) is 0 Å². The molecule has 23 heavy (non-hydrogen) atoms. The lowest BCUT2D eigenvalue weighted by molar-refractivity contribution is 0.0473. The highest BCUT2D eigenvalue weighted by atomic mass is 16.5. The number of fused-ring (bicyclic) bond motifs is 3. The van der Waals surface area contributed by atoms with Gasteiger partial charge in [0.05, 0.1) is 5.56 Å². The summed E-state index contributed by atoms with van der Waals surface area (Å²) in [4.78, 5) is 12.6. The highest BCUT2D eigenvalue weighted by Gasteiger charge is 2.24. The van der Waals surface area contributed by atoms with Gasteiger partial charge < -0.3 is 4.74 Å². The zero-order valence-electron chi connectivity index (χ0n) is 12.7. The van der Waals surface area contributed by atoms with Crippen LogP contribution in [0.25, 0.3) is 11.1 Å². The molecule has 3 aromatic rings. The number of rotatable bonds is 3. The van der Waals surface area contributed by atoms with E-state index in [0.717, 1.165) is 23.1 Å². The maximum Gasteiger partial charge on any atom is 0.339 e. The Bertz CT molecular complexity index is 866. The van der Waals surface area contributed by atoms with Crippen LogP contribution in [0.2, 0.25) is 0 Å². The first-order valence-corrected chi connectivity index (χ1v) is 7.74. The fourth-order valence-electron chi connectivity index (χ4n) is 3.16. The van der Waals surface area contributed by atoms with Gasteiger partial charge in [-0.15, -0.1) is 0 Å². The van der Waals surface area contributed by atoms with E-state index in [0.29, 0.717) is 12.2 Å². The van der Waals surface area contributed by atoms with Gasteiger partial charge in [-0.3, -0.25) is 0 Å². The first-order chi connectivity index (χ1) is 11.3. The molecule has 1 aliphatic rings. The molecule has 0 radical (unpaired) electrons. The van der Waals surface area contributed by atoms with E-state index >= 15 is 0 Å². The second-order valence-corrected chi connectivity index (χ2v) is 5.74. The van der Waals surface area contributed by atoms with E-state index in [1.807, 2.05) is 54.6 Å². The van der Waals surface area contributed by atoms with Gasteiger partial charge in [0, 0.05) is 0 Å². The minimum Gasteiger partial charge on any atom is -0.457 e. The van der Waals surface area contributed by atoms with Gasteiger partial charge in [-0.25, -0.2) is 4.79 Å². The van der Waals surface area contributed by atoms with Gasteiger partial charge in [0.25, 0.3) is 0 Å². The highest BCUT2D eigenvalue weighted by molar-refractivity contribution is 6.00. The van der Waals surface area contributed by atoms with Crippen molar-refractivity contribution >= 4 is 5.97 Å². The summed E-state index contributed by atoms with van der Waals surface area (Å²) in [5, 5.41) is 0. The van der Waals surface area contributed by atoms with Crippen LogP contribution in [0.4, 0.5) is 0 Å². The van der Waals surface area contributed by atoms with Crippen LogP contribution >= 0.6 is 0 Å². The fourth-order valence-corrected chi connectivity index (χ4v) is 3.16. The van der Waals surface area contributed by atoms with Gasteiger partial charge in [0.2, 0.25) is 0 Å². The van der Waals surface area contributed by atoms with Crippen molar-refractivity contribution in [1.82, 2.24) is 0 Å². The second kappa shape index (κ2) is 5.73. The standard InChI is InChI=1S/C21H16O2/c22-21(23-14-15-7-2-1-3-8-15)19-12-6-10-17-13-16-9-4-5-11-18(16)20(17)19/h1-12H,13-14H2. The molecular weight excluding hydrogens is 284 g/mol. The molecule has 2 nitrogen and oxygen atoms in total. The van der Waals surface area contributed by atoms with Crippen LogP contribution in [0.3, 0.4) is 0 Å². The maximum atomic E-state index is 12.6. The Hall–Kier alpha value is -2.87. The van der Waals surface area contributed by atoms with E-state index in [1.165, 1.54) is 11.1 Å². The summed E-state index contributed by atoms with van der Waals surface area (Å²) in [7, 11) is 0. The molecule has 0 saturated heterocycles. The Kier molecular flexibility index (Phi) is 3.43. The normalized spacial score (nSPS) is 11.7. The van der Waals surface area contributed by atoms with Crippen LogP contribution in [-0.4, -0.2) is 5.97 Å². The van der Waals surface area contributed by atoms with Gasteiger partial charge in [-0.2, -0.15) is 0 Å². The summed E-state index contributed by atoms with van der Waals surface area (Å²) in [6.45, 7) is 0.297. The van der Waals surface area contributed by atoms with Crippen molar-refractivity contribution in [3.05, 3.63) is 95.1 Å². The molecule has 2 heteroatoms. The van der Waals surface area contributed by atoms with Crippen LogP contribution in [0.5, 0.6) is 0 Å². The largest absolute Gasteiger partial charge is 0.457 e. The number of benzene rings is 3. The minimum atomic E-state index is -0.262. The monoisotopic (exact) mass is 300 g/mol. The van der Waals surface area contributed by atoms with Crippen molar-refractivity contribution in [2.75, 3.05) is 0 Å². The molecule has 0 amide bonds. The SMILES string of the molecule is O=C(OCc1ccccc1)c1cccc2c1-c1ccccc1C2. The Morgan fingerprint density at radius 2 is 1.57 bits per heavy atom. The minimum absolute atomic E-state index is 0.262. The van der Waals surface area contributed by atoms with Gasteiger partial charge in [-0.1, -0.05) is 66.7 Å². The molecule has 0 bridgehead atoms. The summed E-state index contributed by atoms with van der Waals surface area (Å²) < 4.78 is 5.52. The molecule has 0 aromatic heterocycles. The van der Waals surface area contributed by atoms with E-state index in [9.17, 15) is 4.79 Å². The third kappa shape index (κ3) is 2.53. The van der Waals surface area contributed by atoms with Gasteiger partial charge in [0.1, 0.15) is 6.61 Å². The number of carbonyl (C=O) groups excluding carboxylic acids is 1. The zero-order valence-corrected chi connectivity index (χ0v) is 12.7. The van der Waals surface area contributed by atoms with E-state index in [-0.39, 0.29) is 5.97 Å².